The zero-order chi connectivity index (χ0) is 29.4. The third kappa shape index (κ3) is 28.7. The molecular formula is C36H71NO3. The van der Waals surface area contributed by atoms with Crippen LogP contribution in [0.4, 0.5) is 0 Å². The van der Waals surface area contributed by atoms with E-state index in [4.69, 9.17) is 0 Å². The number of hydrogen-bond acceptors (Lipinski definition) is 3. The van der Waals surface area contributed by atoms with Gasteiger partial charge in [-0.25, -0.2) is 0 Å². The van der Waals surface area contributed by atoms with Crippen LogP contribution in [0.25, 0.3) is 0 Å². The van der Waals surface area contributed by atoms with E-state index in [9.17, 15) is 15.0 Å². The molecule has 0 aliphatic carbocycles. The fourth-order valence-corrected chi connectivity index (χ4v) is 5.47. The fourth-order valence-electron chi connectivity index (χ4n) is 5.47. The van der Waals surface area contributed by atoms with Crippen LogP contribution in [0.15, 0.2) is 12.2 Å². The molecule has 4 nitrogen and oxygen atoms in total. The molecule has 0 spiro atoms. The third-order valence-corrected chi connectivity index (χ3v) is 8.28. The number of rotatable bonds is 32. The number of carbonyl (C=O) groups is 1. The Morgan fingerprint density at radius 3 is 1.38 bits per heavy atom. The Morgan fingerprint density at radius 1 is 0.575 bits per heavy atom. The molecular weight excluding hydrogens is 494 g/mol. The lowest BCUT2D eigenvalue weighted by molar-refractivity contribution is -0.123. The van der Waals surface area contributed by atoms with E-state index in [-0.39, 0.29) is 12.5 Å². The van der Waals surface area contributed by atoms with Crippen molar-refractivity contribution in [3.05, 3.63) is 12.2 Å². The second-order valence-corrected chi connectivity index (χ2v) is 12.3. The van der Waals surface area contributed by atoms with E-state index >= 15 is 0 Å². The standard InChI is InChI=1S/C36H71NO3/c1-3-5-7-9-11-13-15-16-17-18-19-20-21-22-24-26-28-30-32-36(40)37-34(33-38)35(39)31-29-27-25-23-14-12-10-8-6-4-2/h19-20,34-35,38-39H,3-18,21-33H2,1-2H3,(H,37,40)/b20-19-. The highest BCUT2D eigenvalue weighted by atomic mass is 16.3. The van der Waals surface area contributed by atoms with Crippen LogP contribution in [-0.4, -0.2) is 34.9 Å². The van der Waals surface area contributed by atoms with Crippen LogP contribution in [0.3, 0.4) is 0 Å². The molecule has 1 amide bonds. The molecule has 3 N–H and O–H groups in total. The molecule has 40 heavy (non-hydrogen) atoms. The normalized spacial score (nSPS) is 13.2. The summed E-state index contributed by atoms with van der Waals surface area (Å²) in [4.78, 5) is 12.3. The minimum atomic E-state index is -0.656. The smallest absolute Gasteiger partial charge is 0.220 e. The van der Waals surface area contributed by atoms with Crippen molar-refractivity contribution in [3.63, 3.8) is 0 Å². The highest BCUT2D eigenvalue weighted by Crippen LogP contribution is 2.14. The van der Waals surface area contributed by atoms with Gasteiger partial charge in [-0.05, 0) is 38.5 Å². The molecule has 0 rings (SSSR count). The van der Waals surface area contributed by atoms with Crippen LogP contribution in [0, 0.1) is 0 Å². The number of aliphatic hydroxyl groups is 2. The summed E-state index contributed by atoms with van der Waals surface area (Å²) >= 11 is 0. The fraction of sp³-hybridized carbons (Fsp3) is 0.917. The average Bonchev–Trinajstić information content (AvgIpc) is 2.96. The molecule has 0 aliphatic rings. The Hall–Kier alpha value is -0.870. The van der Waals surface area contributed by atoms with Crippen molar-refractivity contribution in [2.75, 3.05) is 6.61 Å². The lowest BCUT2D eigenvalue weighted by Gasteiger charge is -2.22. The van der Waals surface area contributed by atoms with Gasteiger partial charge in [-0.1, -0.05) is 161 Å². The van der Waals surface area contributed by atoms with Crippen molar-refractivity contribution in [2.24, 2.45) is 0 Å². The summed E-state index contributed by atoms with van der Waals surface area (Å²) in [7, 11) is 0. The molecule has 2 unspecified atom stereocenters. The summed E-state index contributed by atoms with van der Waals surface area (Å²) in [5, 5.41) is 22.9. The van der Waals surface area contributed by atoms with E-state index in [1.807, 2.05) is 0 Å². The topological polar surface area (TPSA) is 69.6 Å². The Labute approximate surface area is 250 Å². The predicted octanol–water partition coefficient (Wildman–Crippen LogP) is 10.3. The summed E-state index contributed by atoms with van der Waals surface area (Å²) in [5.74, 6) is -0.0411. The molecule has 0 saturated carbocycles. The molecule has 0 aliphatic heterocycles. The van der Waals surface area contributed by atoms with Gasteiger partial charge in [-0.3, -0.25) is 4.79 Å². The molecule has 0 heterocycles. The highest BCUT2D eigenvalue weighted by molar-refractivity contribution is 5.76. The van der Waals surface area contributed by atoms with Gasteiger partial charge in [-0.15, -0.1) is 0 Å². The van der Waals surface area contributed by atoms with Gasteiger partial charge in [0.1, 0.15) is 0 Å². The molecule has 0 aromatic heterocycles. The van der Waals surface area contributed by atoms with E-state index in [0.717, 1.165) is 25.7 Å². The summed E-state index contributed by atoms with van der Waals surface area (Å²) < 4.78 is 0. The van der Waals surface area contributed by atoms with Crippen molar-refractivity contribution in [3.8, 4) is 0 Å². The van der Waals surface area contributed by atoms with Crippen LogP contribution in [0.1, 0.15) is 194 Å². The van der Waals surface area contributed by atoms with Crippen molar-refractivity contribution in [2.45, 2.75) is 206 Å². The number of allylic oxidation sites excluding steroid dienone is 2. The summed E-state index contributed by atoms with van der Waals surface area (Å²) in [5.41, 5.74) is 0. The largest absolute Gasteiger partial charge is 0.394 e. The van der Waals surface area contributed by atoms with Crippen molar-refractivity contribution in [1.82, 2.24) is 5.32 Å². The number of carbonyl (C=O) groups excluding carboxylic acids is 1. The van der Waals surface area contributed by atoms with Crippen molar-refractivity contribution in [1.29, 1.82) is 0 Å². The molecule has 4 heteroatoms. The first-order valence-corrected chi connectivity index (χ1v) is 17.9. The Morgan fingerprint density at radius 2 is 0.950 bits per heavy atom. The number of nitrogens with one attached hydrogen (secondary N) is 1. The zero-order valence-corrected chi connectivity index (χ0v) is 27.1. The van der Waals surface area contributed by atoms with Gasteiger partial charge in [0.15, 0.2) is 0 Å². The average molecular weight is 566 g/mol. The van der Waals surface area contributed by atoms with Gasteiger partial charge in [0, 0.05) is 6.42 Å². The van der Waals surface area contributed by atoms with Gasteiger partial charge < -0.3 is 15.5 Å². The lowest BCUT2D eigenvalue weighted by atomic mass is 10.0. The zero-order valence-electron chi connectivity index (χ0n) is 27.1. The lowest BCUT2D eigenvalue weighted by Crippen LogP contribution is -2.45. The van der Waals surface area contributed by atoms with E-state index in [1.165, 1.54) is 141 Å². The molecule has 238 valence electrons. The first kappa shape index (κ1) is 39.1. The van der Waals surface area contributed by atoms with E-state index < -0.39 is 12.1 Å². The van der Waals surface area contributed by atoms with Gasteiger partial charge in [0.05, 0.1) is 18.8 Å². The molecule has 0 aromatic carbocycles. The second kappa shape index (κ2) is 32.6. The maximum absolute atomic E-state index is 12.3. The third-order valence-electron chi connectivity index (χ3n) is 8.28. The van der Waals surface area contributed by atoms with E-state index in [0.29, 0.717) is 12.8 Å². The molecule has 0 saturated heterocycles. The summed E-state index contributed by atoms with van der Waals surface area (Å²) in [6, 6.07) is -0.534. The molecule has 0 radical (unpaired) electrons. The van der Waals surface area contributed by atoms with Crippen LogP contribution in [0.2, 0.25) is 0 Å². The van der Waals surface area contributed by atoms with Crippen LogP contribution in [0.5, 0.6) is 0 Å². The van der Waals surface area contributed by atoms with Crippen LogP contribution >= 0.6 is 0 Å². The van der Waals surface area contributed by atoms with Crippen LogP contribution in [-0.2, 0) is 4.79 Å². The second-order valence-electron chi connectivity index (χ2n) is 12.3. The Bertz CT molecular complexity index is 536. The van der Waals surface area contributed by atoms with E-state index in [2.05, 4.69) is 31.3 Å². The number of amides is 1. The molecule has 0 aromatic rings. The van der Waals surface area contributed by atoms with Gasteiger partial charge in [0.2, 0.25) is 5.91 Å². The van der Waals surface area contributed by atoms with Crippen LogP contribution < -0.4 is 5.32 Å². The number of unbranched alkanes of at least 4 members (excludes halogenated alkanes) is 23. The summed E-state index contributed by atoms with van der Waals surface area (Å²) in [6.07, 6.45) is 38.3. The maximum atomic E-state index is 12.3. The Kier molecular flexibility index (Phi) is 31.9. The molecule has 0 bridgehead atoms. The number of hydrogen-bond donors (Lipinski definition) is 3. The Balaban J connectivity index is 3.55. The van der Waals surface area contributed by atoms with Gasteiger partial charge >= 0.3 is 0 Å². The first-order chi connectivity index (χ1) is 19.7. The highest BCUT2D eigenvalue weighted by Gasteiger charge is 2.19. The maximum Gasteiger partial charge on any atom is 0.220 e. The molecule has 0 fully saturated rings. The summed E-state index contributed by atoms with van der Waals surface area (Å²) in [6.45, 7) is 4.33. The number of aliphatic hydroxyl groups excluding tert-OH is 2. The SMILES string of the molecule is CCCCCCCCCCC/C=C\CCCCCCCC(=O)NC(CO)C(O)CCCCCCCCCCCC. The minimum absolute atomic E-state index is 0.0411. The predicted molar refractivity (Wildman–Crippen MR) is 175 cm³/mol. The quantitative estimate of drug-likeness (QED) is 0.0561. The first-order valence-electron chi connectivity index (χ1n) is 17.9. The molecule has 2 atom stereocenters. The van der Waals surface area contributed by atoms with E-state index in [1.54, 1.807) is 0 Å². The van der Waals surface area contributed by atoms with Gasteiger partial charge in [-0.2, -0.15) is 0 Å². The van der Waals surface area contributed by atoms with Gasteiger partial charge in [0.25, 0.3) is 0 Å². The minimum Gasteiger partial charge on any atom is -0.394 e. The van der Waals surface area contributed by atoms with Crippen molar-refractivity contribution >= 4 is 5.91 Å². The monoisotopic (exact) mass is 566 g/mol. The van der Waals surface area contributed by atoms with Crippen molar-refractivity contribution < 1.29 is 15.0 Å².